The number of hydrogen-bond donors (Lipinski definition) is 5. The monoisotopic (exact) mass is 616 g/mol. The second-order valence-corrected chi connectivity index (χ2v) is 12.1. The molecule has 1 saturated heterocycles. The molecule has 44 heavy (non-hydrogen) atoms. The van der Waals surface area contributed by atoms with Gasteiger partial charge in [0.2, 0.25) is 0 Å². The van der Waals surface area contributed by atoms with E-state index in [1.807, 2.05) is 49.9 Å². The molecule has 240 valence electrons. The van der Waals surface area contributed by atoms with Gasteiger partial charge in [0, 0.05) is 42.9 Å². The van der Waals surface area contributed by atoms with Crippen LogP contribution in [0, 0.1) is 29.6 Å². The number of H-pyrrole nitrogens is 1. The van der Waals surface area contributed by atoms with E-state index in [9.17, 15) is 24.3 Å². The standard InChI is InChI=1S/C30H40N4O10/c1-13-11-14(2)30-17(12-20(40-5)27(37)42-23(13)16(4)41-29(39)34-33-28(31)38)8-9-18-21(30)22(35)15(3)24(25(18)44-30)43-26(36)19-7-6-10-32-19/h6-11,13,15-18,20-25,32,35H,12H2,1-5H3,(H,34,39)(H3,31,33,38)/b14-11+/t13-,15-,16-,17-,18-,20+,21+,22-,23+,24-,25-,30+/m1/s1. The molecule has 4 aliphatic rings. The van der Waals surface area contributed by atoms with Crippen LogP contribution in [0.25, 0.3) is 0 Å². The number of primary amides is 1. The molecule has 0 aromatic carbocycles. The Hall–Kier alpha value is -3.88. The number of aliphatic hydroxyl groups is 1. The molecule has 2 aliphatic heterocycles. The number of amides is 3. The highest BCUT2D eigenvalue weighted by molar-refractivity contribution is 5.87. The summed E-state index contributed by atoms with van der Waals surface area (Å²) < 4.78 is 29.8. The van der Waals surface area contributed by atoms with Gasteiger partial charge in [-0.05, 0) is 38.0 Å². The van der Waals surface area contributed by atoms with Crippen LogP contribution in [0.5, 0.6) is 0 Å². The number of aliphatic hydroxyl groups excluding tert-OH is 1. The van der Waals surface area contributed by atoms with Gasteiger partial charge < -0.3 is 39.5 Å². The van der Waals surface area contributed by atoms with Crippen LogP contribution in [0.4, 0.5) is 9.59 Å². The van der Waals surface area contributed by atoms with Crippen LogP contribution < -0.4 is 16.6 Å². The number of methoxy groups -OCH3 is 1. The number of nitrogens with two attached hydrogens (primary N) is 1. The van der Waals surface area contributed by atoms with Gasteiger partial charge in [-0.1, -0.05) is 32.1 Å². The second-order valence-electron chi connectivity index (χ2n) is 12.1. The maximum atomic E-state index is 13.4. The van der Waals surface area contributed by atoms with Gasteiger partial charge in [-0.3, -0.25) is 0 Å². The summed E-state index contributed by atoms with van der Waals surface area (Å²) in [5, 5.41) is 11.8. The molecule has 1 aromatic rings. The Kier molecular flexibility index (Phi) is 8.78. The number of carbonyl (C=O) groups excluding carboxylic acids is 4. The highest BCUT2D eigenvalue weighted by atomic mass is 16.6. The van der Waals surface area contributed by atoms with Crippen molar-refractivity contribution in [3.8, 4) is 0 Å². The van der Waals surface area contributed by atoms with E-state index in [0.717, 1.165) is 5.57 Å². The van der Waals surface area contributed by atoms with E-state index < -0.39 is 84.0 Å². The van der Waals surface area contributed by atoms with Gasteiger partial charge in [-0.2, -0.15) is 0 Å². The first-order chi connectivity index (χ1) is 20.9. The highest BCUT2D eigenvalue weighted by Crippen LogP contribution is 2.61. The van der Waals surface area contributed by atoms with Gasteiger partial charge in [0.05, 0.1) is 6.10 Å². The zero-order chi connectivity index (χ0) is 31.9. The van der Waals surface area contributed by atoms with Crippen molar-refractivity contribution < 1.29 is 48.0 Å². The molecule has 4 bridgehead atoms. The molecule has 14 nitrogen and oxygen atoms in total. The van der Waals surface area contributed by atoms with Gasteiger partial charge in [0.25, 0.3) is 0 Å². The lowest BCUT2D eigenvalue weighted by Crippen LogP contribution is -2.57. The molecule has 0 radical (unpaired) electrons. The Morgan fingerprint density at radius 2 is 1.98 bits per heavy atom. The zero-order valence-electron chi connectivity index (χ0n) is 25.2. The number of hydrazine groups is 1. The molecule has 6 N–H and O–H groups in total. The third kappa shape index (κ3) is 5.46. The first-order valence-corrected chi connectivity index (χ1v) is 14.7. The van der Waals surface area contributed by atoms with Crippen molar-refractivity contribution >= 4 is 24.1 Å². The highest BCUT2D eigenvalue weighted by Gasteiger charge is 2.69. The number of esters is 2. The average molecular weight is 617 g/mol. The van der Waals surface area contributed by atoms with Crippen LogP contribution >= 0.6 is 0 Å². The normalized spacial score (nSPS) is 39.5. The number of rotatable bonds is 5. The predicted octanol–water partition coefficient (Wildman–Crippen LogP) is 1.72. The summed E-state index contributed by atoms with van der Waals surface area (Å²) in [5.41, 5.74) is 8.98. The van der Waals surface area contributed by atoms with Crippen molar-refractivity contribution in [2.75, 3.05) is 7.11 Å². The van der Waals surface area contributed by atoms with Gasteiger partial charge in [0.1, 0.15) is 35.7 Å². The molecule has 14 heteroatoms. The van der Waals surface area contributed by atoms with Crippen LogP contribution in [-0.2, 0) is 28.5 Å². The van der Waals surface area contributed by atoms with Crippen molar-refractivity contribution in [3.63, 3.8) is 0 Å². The number of aromatic amines is 1. The minimum Gasteiger partial charge on any atom is -0.456 e. The molecular weight excluding hydrogens is 576 g/mol. The van der Waals surface area contributed by atoms with Crippen molar-refractivity contribution in [2.24, 2.45) is 35.3 Å². The van der Waals surface area contributed by atoms with E-state index in [2.05, 4.69) is 4.98 Å². The largest absolute Gasteiger partial charge is 0.456 e. The summed E-state index contributed by atoms with van der Waals surface area (Å²) in [5.74, 6) is -3.17. The number of urea groups is 1. The van der Waals surface area contributed by atoms with Crippen LogP contribution in [-0.4, -0.2) is 83.5 Å². The third-order valence-electron chi connectivity index (χ3n) is 9.50. The maximum Gasteiger partial charge on any atom is 0.426 e. The molecule has 3 amide bonds. The fourth-order valence-electron chi connectivity index (χ4n) is 7.51. The lowest BCUT2D eigenvalue weighted by Gasteiger charge is -2.48. The maximum absolute atomic E-state index is 13.4. The summed E-state index contributed by atoms with van der Waals surface area (Å²) in [6.07, 6.45) is 1.63. The predicted molar refractivity (Wildman–Crippen MR) is 152 cm³/mol. The molecule has 12 atom stereocenters. The average Bonchev–Trinajstić information content (AvgIpc) is 3.58. The second kappa shape index (κ2) is 12.3. The Morgan fingerprint density at radius 3 is 2.64 bits per heavy atom. The first kappa shape index (κ1) is 31.5. The zero-order valence-corrected chi connectivity index (χ0v) is 25.2. The van der Waals surface area contributed by atoms with Crippen molar-refractivity contribution in [2.45, 2.75) is 76.3 Å². The molecular formula is C30H40N4O10. The summed E-state index contributed by atoms with van der Waals surface area (Å²) in [6.45, 7) is 7.13. The van der Waals surface area contributed by atoms with Crippen molar-refractivity contribution in [3.05, 3.63) is 47.8 Å². The van der Waals surface area contributed by atoms with Gasteiger partial charge >= 0.3 is 24.1 Å². The minimum atomic E-state index is -1.05. The lowest BCUT2D eigenvalue weighted by atomic mass is 9.57. The van der Waals surface area contributed by atoms with Gasteiger partial charge in [-0.25, -0.2) is 30.0 Å². The molecule has 2 aliphatic carbocycles. The van der Waals surface area contributed by atoms with E-state index in [1.54, 1.807) is 25.3 Å². The molecule has 1 aromatic heterocycles. The van der Waals surface area contributed by atoms with E-state index >= 15 is 0 Å². The Morgan fingerprint density at radius 1 is 1.23 bits per heavy atom. The molecule has 3 heterocycles. The number of nitrogens with one attached hydrogen (secondary N) is 3. The van der Waals surface area contributed by atoms with E-state index in [0.29, 0.717) is 5.69 Å². The SMILES string of the molecule is CO[C@H]1C[C@H]2C=C[C@H]3[C@H]4O[C@]2(/C(C)=C/[C@@H](C)[C@@H]([C@@H](C)OC(=O)NNC(N)=O)OC1=O)[C@@H]3[C@H](O)[C@@H](C)[C@H]4OC(=O)c1ccc[nH]1. The molecule has 1 saturated carbocycles. The van der Waals surface area contributed by atoms with E-state index in [-0.39, 0.29) is 18.3 Å². The fraction of sp³-hybridized carbons (Fsp3) is 0.600. The fourth-order valence-corrected chi connectivity index (χ4v) is 7.51. The topological polar surface area (TPSA) is 201 Å². The number of aromatic nitrogens is 1. The Balaban J connectivity index is 1.50. The quantitative estimate of drug-likeness (QED) is 0.140. The number of carbonyl (C=O) groups is 4. The van der Waals surface area contributed by atoms with Crippen LogP contribution in [0.15, 0.2) is 42.1 Å². The molecule has 0 unspecified atom stereocenters. The molecule has 5 rings (SSSR count). The summed E-state index contributed by atoms with van der Waals surface area (Å²) in [7, 11) is 1.41. The third-order valence-corrected chi connectivity index (χ3v) is 9.50. The van der Waals surface area contributed by atoms with Crippen molar-refractivity contribution in [1.29, 1.82) is 0 Å². The van der Waals surface area contributed by atoms with Crippen LogP contribution in [0.3, 0.4) is 0 Å². The number of ether oxygens (including phenoxy) is 5. The Bertz CT molecular complexity index is 1330. The summed E-state index contributed by atoms with van der Waals surface area (Å²) >= 11 is 0. The van der Waals surface area contributed by atoms with Gasteiger partial charge in [-0.15, -0.1) is 0 Å². The molecule has 2 fully saturated rings. The molecule has 1 spiro atoms. The van der Waals surface area contributed by atoms with Gasteiger partial charge in [0.15, 0.2) is 6.10 Å². The van der Waals surface area contributed by atoms with E-state index in [1.165, 1.54) is 7.11 Å². The van der Waals surface area contributed by atoms with Crippen molar-refractivity contribution in [1.82, 2.24) is 15.8 Å². The lowest BCUT2D eigenvalue weighted by molar-refractivity contribution is -0.172. The van der Waals surface area contributed by atoms with Crippen LogP contribution in [0.1, 0.15) is 44.6 Å². The van der Waals surface area contributed by atoms with E-state index in [4.69, 9.17) is 29.4 Å². The first-order valence-electron chi connectivity index (χ1n) is 14.7. The number of cyclic esters (lactones) is 1. The summed E-state index contributed by atoms with van der Waals surface area (Å²) in [6, 6.07) is 2.34. The minimum absolute atomic E-state index is 0.181. The smallest absolute Gasteiger partial charge is 0.426 e. The van der Waals surface area contributed by atoms with Crippen LogP contribution in [0.2, 0.25) is 0 Å². The summed E-state index contributed by atoms with van der Waals surface area (Å²) in [4.78, 5) is 52.5. The number of hydrogen-bond acceptors (Lipinski definition) is 10. The Labute approximate surface area is 254 Å².